The van der Waals surface area contributed by atoms with Gasteiger partial charge in [-0.15, -0.1) is 0 Å². The van der Waals surface area contributed by atoms with Crippen LogP contribution in [0, 0.1) is 0 Å². The predicted octanol–water partition coefficient (Wildman–Crippen LogP) is 3.04. The SMILES string of the molecule is CCOC(=O)c1ccc(NC(=O)CN(c2ccc3c(c2)OCO3)S(=O)(=O)CC)cc1Cl. The van der Waals surface area contributed by atoms with E-state index < -0.39 is 28.4 Å². The highest BCUT2D eigenvalue weighted by atomic mass is 35.5. The average Bonchev–Trinajstić information content (AvgIpc) is 3.20. The zero-order valence-electron chi connectivity index (χ0n) is 16.9. The number of rotatable bonds is 8. The fraction of sp³-hybridized carbons (Fsp3) is 0.300. The number of halogens is 1. The van der Waals surface area contributed by atoms with Crippen molar-refractivity contribution in [2.75, 3.05) is 35.3 Å². The van der Waals surface area contributed by atoms with Crippen LogP contribution in [0.25, 0.3) is 0 Å². The van der Waals surface area contributed by atoms with Crippen LogP contribution < -0.4 is 19.1 Å². The molecule has 1 aliphatic rings. The molecule has 1 aliphatic heterocycles. The van der Waals surface area contributed by atoms with Gasteiger partial charge in [-0.25, -0.2) is 13.2 Å². The molecule has 3 rings (SSSR count). The molecule has 0 aromatic heterocycles. The molecule has 11 heteroatoms. The van der Waals surface area contributed by atoms with Crippen LogP contribution in [-0.2, 0) is 19.6 Å². The Hall–Kier alpha value is -2.98. The van der Waals surface area contributed by atoms with Gasteiger partial charge >= 0.3 is 5.97 Å². The van der Waals surface area contributed by atoms with E-state index in [0.717, 1.165) is 4.31 Å². The minimum atomic E-state index is -3.76. The van der Waals surface area contributed by atoms with Crippen LogP contribution in [0.5, 0.6) is 11.5 Å². The molecule has 166 valence electrons. The van der Waals surface area contributed by atoms with Crippen molar-refractivity contribution in [3.05, 3.63) is 47.0 Å². The van der Waals surface area contributed by atoms with Crippen LogP contribution in [0.3, 0.4) is 0 Å². The molecular formula is C20H21ClN2O7S. The topological polar surface area (TPSA) is 111 Å². The smallest absolute Gasteiger partial charge is 0.339 e. The fourth-order valence-corrected chi connectivity index (χ4v) is 4.16. The summed E-state index contributed by atoms with van der Waals surface area (Å²) < 4.78 is 41.7. The summed E-state index contributed by atoms with van der Waals surface area (Å²) in [5.41, 5.74) is 0.747. The van der Waals surface area contributed by atoms with E-state index in [0.29, 0.717) is 17.2 Å². The second-order valence-electron chi connectivity index (χ2n) is 6.41. The lowest BCUT2D eigenvalue weighted by Crippen LogP contribution is -2.39. The molecule has 0 aliphatic carbocycles. The summed E-state index contributed by atoms with van der Waals surface area (Å²) >= 11 is 6.11. The second-order valence-corrected chi connectivity index (χ2v) is 9.00. The van der Waals surface area contributed by atoms with Gasteiger partial charge in [-0.05, 0) is 44.2 Å². The van der Waals surface area contributed by atoms with Gasteiger partial charge in [0.15, 0.2) is 11.5 Å². The molecule has 0 fully saturated rings. The third-order valence-electron chi connectivity index (χ3n) is 4.38. The Kier molecular flexibility index (Phi) is 6.91. The van der Waals surface area contributed by atoms with Gasteiger partial charge in [-0.1, -0.05) is 11.6 Å². The highest BCUT2D eigenvalue weighted by molar-refractivity contribution is 7.92. The van der Waals surface area contributed by atoms with Gasteiger partial charge in [0.2, 0.25) is 22.7 Å². The maximum Gasteiger partial charge on any atom is 0.339 e. The number of benzene rings is 2. The third kappa shape index (κ3) is 5.20. The molecule has 0 saturated carbocycles. The fourth-order valence-electron chi connectivity index (χ4n) is 2.84. The number of carbonyl (C=O) groups excluding carboxylic acids is 2. The monoisotopic (exact) mass is 468 g/mol. The standard InChI is InChI=1S/C20H21ClN2O7S/c1-3-28-20(25)15-7-5-13(9-16(15)21)22-19(24)11-23(31(26,27)4-2)14-6-8-17-18(10-14)30-12-29-17/h5-10H,3-4,11-12H2,1-2H3,(H,22,24). The van der Waals surface area contributed by atoms with Gasteiger partial charge in [0, 0.05) is 11.8 Å². The van der Waals surface area contributed by atoms with E-state index in [4.69, 9.17) is 25.8 Å². The van der Waals surface area contributed by atoms with Crippen molar-refractivity contribution in [3.8, 4) is 11.5 Å². The number of sulfonamides is 1. The van der Waals surface area contributed by atoms with Crippen molar-refractivity contribution in [1.29, 1.82) is 0 Å². The Labute approximate surface area is 184 Å². The molecule has 2 aromatic rings. The Balaban J connectivity index is 1.78. The Morgan fingerprint density at radius 1 is 1.13 bits per heavy atom. The number of hydrogen-bond acceptors (Lipinski definition) is 7. The molecule has 0 radical (unpaired) electrons. The van der Waals surface area contributed by atoms with E-state index in [2.05, 4.69) is 5.32 Å². The molecule has 0 saturated heterocycles. The lowest BCUT2D eigenvalue weighted by Gasteiger charge is -2.23. The molecule has 1 amide bonds. The molecule has 1 heterocycles. The van der Waals surface area contributed by atoms with E-state index in [1.165, 1.54) is 31.2 Å². The summed E-state index contributed by atoms with van der Waals surface area (Å²) in [6.07, 6.45) is 0. The van der Waals surface area contributed by atoms with E-state index >= 15 is 0 Å². The van der Waals surface area contributed by atoms with E-state index in [-0.39, 0.29) is 35.4 Å². The highest BCUT2D eigenvalue weighted by Crippen LogP contribution is 2.36. The zero-order valence-corrected chi connectivity index (χ0v) is 18.5. The van der Waals surface area contributed by atoms with Crippen molar-refractivity contribution in [2.45, 2.75) is 13.8 Å². The van der Waals surface area contributed by atoms with Crippen LogP contribution in [0.1, 0.15) is 24.2 Å². The lowest BCUT2D eigenvalue weighted by atomic mass is 10.2. The van der Waals surface area contributed by atoms with Crippen LogP contribution in [0.4, 0.5) is 11.4 Å². The van der Waals surface area contributed by atoms with Gasteiger partial charge < -0.3 is 19.5 Å². The summed E-state index contributed by atoms with van der Waals surface area (Å²) in [6.45, 7) is 2.95. The van der Waals surface area contributed by atoms with E-state index in [1.54, 1.807) is 19.1 Å². The van der Waals surface area contributed by atoms with Crippen LogP contribution in [0.2, 0.25) is 5.02 Å². The first-order valence-electron chi connectivity index (χ1n) is 9.41. The molecule has 0 atom stereocenters. The van der Waals surface area contributed by atoms with Crippen molar-refractivity contribution in [3.63, 3.8) is 0 Å². The second kappa shape index (κ2) is 9.44. The Morgan fingerprint density at radius 2 is 1.87 bits per heavy atom. The minimum absolute atomic E-state index is 0.0440. The number of nitrogens with zero attached hydrogens (tertiary/aromatic N) is 1. The number of amides is 1. The van der Waals surface area contributed by atoms with Crippen molar-refractivity contribution < 1.29 is 32.2 Å². The molecule has 1 N–H and O–H groups in total. The minimum Gasteiger partial charge on any atom is -0.462 e. The van der Waals surface area contributed by atoms with Crippen molar-refractivity contribution in [2.24, 2.45) is 0 Å². The quantitative estimate of drug-likeness (QED) is 0.592. The summed E-state index contributed by atoms with van der Waals surface area (Å²) in [6, 6.07) is 8.93. The number of hydrogen-bond donors (Lipinski definition) is 1. The third-order valence-corrected chi connectivity index (χ3v) is 6.43. The van der Waals surface area contributed by atoms with Crippen LogP contribution in [0.15, 0.2) is 36.4 Å². The average molecular weight is 469 g/mol. The largest absolute Gasteiger partial charge is 0.462 e. The lowest BCUT2D eigenvalue weighted by molar-refractivity contribution is -0.114. The molecule has 0 bridgehead atoms. The Bertz CT molecular complexity index is 1100. The first kappa shape index (κ1) is 22.7. The number of esters is 1. The summed E-state index contributed by atoms with van der Waals surface area (Å²) in [5.74, 6) is -0.466. The summed E-state index contributed by atoms with van der Waals surface area (Å²) in [7, 11) is -3.76. The molecule has 31 heavy (non-hydrogen) atoms. The van der Waals surface area contributed by atoms with Crippen LogP contribution in [-0.4, -0.2) is 46.0 Å². The maximum absolute atomic E-state index is 12.6. The van der Waals surface area contributed by atoms with Crippen molar-refractivity contribution in [1.82, 2.24) is 0 Å². The number of nitrogens with one attached hydrogen (secondary N) is 1. The molecular weight excluding hydrogens is 448 g/mol. The van der Waals surface area contributed by atoms with E-state index in [9.17, 15) is 18.0 Å². The molecule has 0 unspecified atom stereocenters. The summed E-state index contributed by atoms with van der Waals surface area (Å²) in [4.78, 5) is 24.5. The first-order chi connectivity index (χ1) is 14.7. The van der Waals surface area contributed by atoms with Gasteiger partial charge in [-0.3, -0.25) is 9.10 Å². The number of fused-ring (bicyclic) bond motifs is 1. The number of carbonyl (C=O) groups is 2. The molecule has 2 aromatic carbocycles. The predicted molar refractivity (Wildman–Crippen MR) is 115 cm³/mol. The molecule has 0 spiro atoms. The molecule has 9 nitrogen and oxygen atoms in total. The normalized spacial score (nSPS) is 12.4. The number of anilines is 2. The number of ether oxygens (including phenoxy) is 3. The first-order valence-corrected chi connectivity index (χ1v) is 11.4. The Morgan fingerprint density at radius 3 is 2.55 bits per heavy atom. The summed E-state index contributed by atoms with van der Waals surface area (Å²) in [5, 5.41) is 2.69. The van der Waals surface area contributed by atoms with Gasteiger partial charge in [0.25, 0.3) is 0 Å². The van der Waals surface area contributed by atoms with Crippen LogP contribution >= 0.6 is 11.6 Å². The van der Waals surface area contributed by atoms with E-state index in [1.807, 2.05) is 0 Å². The highest BCUT2D eigenvalue weighted by Gasteiger charge is 2.26. The zero-order chi connectivity index (χ0) is 22.6. The van der Waals surface area contributed by atoms with Gasteiger partial charge in [0.1, 0.15) is 6.54 Å². The van der Waals surface area contributed by atoms with Gasteiger partial charge in [-0.2, -0.15) is 0 Å². The van der Waals surface area contributed by atoms with Gasteiger partial charge in [0.05, 0.1) is 28.6 Å². The van der Waals surface area contributed by atoms with Crippen molar-refractivity contribution >= 4 is 44.9 Å². The maximum atomic E-state index is 12.6.